The lowest BCUT2D eigenvalue weighted by atomic mass is 9.97. The van der Waals surface area contributed by atoms with Gasteiger partial charge in [-0.15, -0.1) is 0 Å². The first kappa shape index (κ1) is 18.8. The number of nitrogens with zero attached hydrogens (tertiary/aromatic N) is 2. The molecule has 0 bridgehead atoms. The molecule has 4 aromatic carbocycles. The van der Waals surface area contributed by atoms with E-state index in [0.29, 0.717) is 27.5 Å². The lowest BCUT2D eigenvalue weighted by molar-refractivity contribution is 0.0661. The number of carbonyl (C=O) groups excluding carboxylic acids is 2. The van der Waals surface area contributed by atoms with Crippen molar-refractivity contribution in [1.29, 1.82) is 0 Å². The molecule has 1 aliphatic heterocycles. The average molecular weight is 446 g/mol. The van der Waals surface area contributed by atoms with E-state index in [1.54, 1.807) is 0 Å². The Morgan fingerprint density at radius 1 is 0.706 bits per heavy atom. The zero-order valence-electron chi connectivity index (χ0n) is 17.6. The molecule has 6 nitrogen and oxygen atoms in total. The largest absolute Gasteiger partial charge is 0.353 e. The van der Waals surface area contributed by atoms with Crippen LogP contribution in [-0.2, 0) is 0 Å². The molecule has 0 aliphatic carbocycles. The molecule has 0 saturated carbocycles. The maximum absolute atomic E-state index is 13.6. The van der Waals surface area contributed by atoms with Gasteiger partial charge in [-0.1, -0.05) is 48.5 Å². The predicted octanol–water partition coefficient (Wildman–Crippen LogP) is 5.72. The van der Waals surface area contributed by atoms with Crippen LogP contribution in [0.5, 0.6) is 0 Å². The minimum absolute atomic E-state index is 0.339. The lowest BCUT2D eigenvalue weighted by Crippen LogP contribution is -2.24. The molecule has 162 valence electrons. The van der Waals surface area contributed by atoms with Crippen molar-refractivity contribution in [3.8, 4) is 0 Å². The highest BCUT2D eigenvalue weighted by Gasteiger charge is 2.41. The Balaban J connectivity index is 1.55. The number of nitrogens with one attached hydrogen (secondary N) is 2. The molecule has 7 heteroatoms. The van der Waals surface area contributed by atoms with Crippen LogP contribution in [0.1, 0.15) is 26.3 Å². The van der Waals surface area contributed by atoms with Crippen molar-refractivity contribution in [2.45, 2.75) is 0 Å². The van der Waals surface area contributed by atoms with Crippen LogP contribution in [-0.4, -0.2) is 33.0 Å². The van der Waals surface area contributed by atoms with E-state index in [2.05, 4.69) is 15.1 Å². The molecule has 7 rings (SSSR count). The molecule has 0 fully saturated rings. The monoisotopic (exact) mass is 446 g/mol. The molecule has 0 unspecified atom stereocenters. The molecule has 34 heavy (non-hydrogen) atoms. The van der Waals surface area contributed by atoms with E-state index in [1.165, 1.54) is 30.5 Å². The van der Waals surface area contributed by atoms with Crippen LogP contribution in [0.25, 0.3) is 43.6 Å². The van der Waals surface area contributed by atoms with Crippen LogP contribution in [0.3, 0.4) is 0 Å². The SMILES string of the molecule is O=C1c2c(c3c4ccccc4[nH]c3c3[nH]c4ccccc4c23)C(=O)N1/N=C/c1ccc(F)cc1. The number of carbonyl (C=O) groups is 2. The molecule has 2 aromatic heterocycles. The molecule has 0 spiro atoms. The third-order valence-electron chi connectivity index (χ3n) is 6.42. The maximum atomic E-state index is 13.6. The second-order valence-electron chi connectivity index (χ2n) is 8.31. The van der Waals surface area contributed by atoms with Crippen molar-refractivity contribution < 1.29 is 14.0 Å². The van der Waals surface area contributed by atoms with Crippen LogP contribution in [0.4, 0.5) is 4.39 Å². The van der Waals surface area contributed by atoms with E-state index in [9.17, 15) is 14.0 Å². The first-order chi connectivity index (χ1) is 16.6. The number of aromatic amines is 2. The number of halogens is 1. The summed E-state index contributed by atoms with van der Waals surface area (Å²) in [5.41, 5.74) is 4.55. The van der Waals surface area contributed by atoms with Gasteiger partial charge in [-0.3, -0.25) is 9.59 Å². The van der Waals surface area contributed by atoms with Crippen LogP contribution in [0.15, 0.2) is 77.9 Å². The number of hydrogen-bond acceptors (Lipinski definition) is 3. The zero-order valence-corrected chi connectivity index (χ0v) is 17.6. The van der Waals surface area contributed by atoms with Crippen LogP contribution in [0, 0.1) is 5.82 Å². The Kier molecular flexibility index (Phi) is 3.65. The van der Waals surface area contributed by atoms with E-state index in [0.717, 1.165) is 37.8 Å². The van der Waals surface area contributed by atoms with Gasteiger partial charge in [-0.25, -0.2) is 4.39 Å². The normalized spacial score (nSPS) is 14.0. The smallest absolute Gasteiger partial charge is 0.283 e. The van der Waals surface area contributed by atoms with E-state index >= 15 is 0 Å². The summed E-state index contributed by atoms with van der Waals surface area (Å²) >= 11 is 0. The Morgan fingerprint density at radius 2 is 1.21 bits per heavy atom. The van der Waals surface area contributed by atoms with Crippen molar-refractivity contribution in [1.82, 2.24) is 15.0 Å². The zero-order chi connectivity index (χ0) is 23.0. The number of benzene rings is 4. The van der Waals surface area contributed by atoms with Crippen molar-refractivity contribution in [2.75, 3.05) is 0 Å². The van der Waals surface area contributed by atoms with Gasteiger partial charge in [0.15, 0.2) is 0 Å². The van der Waals surface area contributed by atoms with Gasteiger partial charge in [-0.05, 0) is 29.8 Å². The molecule has 0 radical (unpaired) electrons. The van der Waals surface area contributed by atoms with Gasteiger partial charge in [0.05, 0.1) is 28.4 Å². The van der Waals surface area contributed by atoms with Crippen molar-refractivity contribution in [3.05, 3.63) is 95.3 Å². The van der Waals surface area contributed by atoms with Crippen molar-refractivity contribution >= 4 is 61.6 Å². The highest BCUT2D eigenvalue weighted by molar-refractivity contribution is 6.39. The van der Waals surface area contributed by atoms with Crippen LogP contribution < -0.4 is 0 Å². The fourth-order valence-electron chi connectivity index (χ4n) is 4.94. The number of hydrazone groups is 1. The lowest BCUT2D eigenvalue weighted by Gasteiger charge is -2.05. The van der Waals surface area contributed by atoms with E-state index in [4.69, 9.17) is 0 Å². The van der Waals surface area contributed by atoms with Crippen LogP contribution in [0.2, 0.25) is 0 Å². The van der Waals surface area contributed by atoms with Gasteiger partial charge in [0.25, 0.3) is 11.8 Å². The van der Waals surface area contributed by atoms with Gasteiger partial charge < -0.3 is 9.97 Å². The third kappa shape index (κ3) is 2.40. The first-order valence-corrected chi connectivity index (χ1v) is 10.8. The Hall–Kier alpha value is -4.78. The Labute approximate surface area is 191 Å². The predicted molar refractivity (Wildman–Crippen MR) is 130 cm³/mol. The second-order valence-corrected chi connectivity index (χ2v) is 8.31. The van der Waals surface area contributed by atoms with Gasteiger partial charge in [0.1, 0.15) is 5.82 Å². The van der Waals surface area contributed by atoms with Gasteiger partial charge >= 0.3 is 0 Å². The first-order valence-electron chi connectivity index (χ1n) is 10.8. The summed E-state index contributed by atoms with van der Waals surface area (Å²) in [7, 11) is 0. The summed E-state index contributed by atoms with van der Waals surface area (Å²) in [6, 6.07) is 21.1. The van der Waals surface area contributed by atoms with Gasteiger partial charge in [-0.2, -0.15) is 10.1 Å². The van der Waals surface area contributed by atoms with Gasteiger partial charge in [0.2, 0.25) is 0 Å². The summed E-state index contributed by atoms with van der Waals surface area (Å²) in [6.07, 6.45) is 1.39. The number of H-pyrrole nitrogens is 2. The molecule has 2 amide bonds. The summed E-state index contributed by atoms with van der Waals surface area (Å²) in [6.45, 7) is 0. The summed E-state index contributed by atoms with van der Waals surface area (Å²) in [4.78, 5) is 34.2. The number of imide groups is 1. The number of aromatic nitrogens is 2. The summed E-state index contributed by atoms with van der Waals surface area (Å²) in [5, 5.41) is 8.22. The van der Waals surface area contributed by atoms with E-state index in [-0.39, 0.29) is 5.82 Å². The highest BCUT2D eigenvalue weighted by atomic mass is 19.1. The minimum Gasteiger partial charge on any atom is -0.353 e. The number of rotatable bonds is 2. The Morgan fingerprint density at radius 3 is 1.74 bits per heavy atom. The van der Waals surface area contributed by atoms with Crippen LogP contribution >= 0.6 is 0 Å². The van der Waals surface area contributed by atoms with Gasteiger partial charge in [0, 0.05) is 32.6 Å². The highest BCUT2D eigenvalue weighted by Crippen LogP contribution is 2.43. The maximum Gasteiger partial charge on any atom is 0.283 e. The molecular formula is C27H15FN4O2. The fraction of sp³-hybridized carbons (Fsp3) is 0. The molecule has 6 aromatic rings. The number of para-hydroxylation sites is 2. The second kappa shape index (κ2) is 6.62. The topological polar surface area (TPSA) is 81.3 Å². The fourth-order valence-corrected chi connectivity index (χ4v) is 4.94. The average Bonchev–Trinajstić information content (AvgIpc) is 3.49. The quantitative estimate of drug-likeness (QED) is 0.263. The summed E-state index contributed by atoms with van der Waals surface area (Å²) in [5.74, 6) is -1.35. The van der Waals surface area contributed by atoms with Crippen molar-refractivity contribution in [2.24, 2.45) is 5.10 Å². The molecule has 3 heterocycles. The van der Waals surface area contributed by atoms with E-state index in [1.807, 2.05) is 48.5 Å². The molecule has 1 aliphatic rings. The summed E-state index contributed by atoms with van der Waals surface area (Å²) < 4.78 is 13.3. The number of amides is 2. The molecule has 0 atom stereocenters. The molecule has 0 saturated heterocycles. The third-order valence-corrected chi connectivity index (χ3v) is 6.42. The Bertz CT molecular complexity index is 1750. The number of fused-ring (bicyclic) bond motifs is 10. The standard InChI is InChI=1S/C27H15FN4O2/c28-15-11-9-14(10-12-15)13-29-32-26(33)22-20-16-5-1-3-7-18(16)30-24(20)25-21(23(22)27(32)34)17-6-2-4-8-19(17)31-25/h1-13,30-31H/b29-13+. The molecule has 2 N–H and O–H groups in total. The minimum atomic E-state index is -0.486. The molecular weight excluding hydrogens is 431 g/mol. The van der Waals surface area contributed by atoms with Crippen molar-refractivity contribution in [3.63, 3.8) is 0 Å². The van der Waals surface area contributed by atoms with E-state index < -0.39 is 11.8 Å². The number of hydrogen-bond donors (Lipinski definition) is 2.